The van der Waals surface area contributed by atoms with Crippen molar-refractivity contribution in [1.82, 2.24) is 0 Å². The van der Waals surface area contributed by atoms with Crippen molar-refractivity contribution < 1.29 is 78.9 Å². The highest BCUT2D eigenvalue weighted by Gasteiger charge is 2.50. The Bertz CT molecular complexity index is 1730. The lowest BCUT2D eigenvalue weighted by Crippen LogP contribution is -2.60. The molecule has 10 atom stereocenters. The van der Waals surface area contributed by atoms with Gasteiger partial charge in [-0.3, -0.25) is 0 Å². The van der Waals surface area contributed by atoms with E-state index in [2.05, 4.69) is 0 Å². The molecule has 0 aromatic heterocycles. The zero-order chi connectivity index (χ0) is 36.6. The number of esters is 1. The molecule has 16 heteroatoms. The second-order valence-electron chi connectivity index (χ2n) is 12.6. The number of aliphatic hydroxyl groups excluding tert-OH is 5. The summed E-state index contributed by atoms with van der Waals surface area (Å²) in [5.74, 6) is -3.88. The second kappa shape index (κ2) is 14.9. The van der Waals surface area contributed by atoms with Crippen LogP contribution in [0.3, 0.4) is 0 Å². The number of carboxylic acid groups (broad SMARTS) is 1. The molecule has 16 nitrogen and oxygen atoms in total. The molecule has 51 heavy (non-hydrogen) atoms. The third-order valence-corrected chi connectivity index (χ3v) is 9.48. The van der Waals surface area contributed by atoms with Gasteiger partial charge in [-0.25, -0.2) is 9.59 Å². The Morgan fingerprint density at radius 1 is 0.980 bits per heavy atom. The lowest BCUT2D eigenvalue weighted by molar-refractivity contribution is -0.339. The van der Waals surface area contributed by atoms with Gasteiger partial charge in [0.1, 0.15) is 48.6 Å². The second-order valence-corrected chi connectivity index (χ2v) is 12.6. The molecule has 1 fully saturated rings. The fourth-order valence-electron chi connectivity index (χ4n) is 6.89. The van der Waals surface area contributed by atoms with Gasteiger partial charge < -0.3 is 69.3 Å². The summed E-state index contributed by atoms with van der Waals surface area (Å²) < 4.78 is 33.5. The van der Waals surface area contributed by atoms with Gasteiger partial charge in [-0.15, -0.1) is 0 Å². The van der Waals surface area contributed by atoms with Gasteiger partial charge in [0.05, 0.1) is 44.0 Å². The molecule has 0 spiro atoms. The van der Waals surface area contributed by atoms with Crippen LogP contribution in [0.1, 0.15) is 35.1 Å². The molecular weight excluding hydrogens is 676 g/mol. The molecule has 8 N–H and O–H groups in total. The van der Waals surface area contributed by atoms with Gasteiger partial charge in [-0.1, -0.05) is 6.08 Å². The highest BCUT2D eigenvalue weighted by atomic mass is 16.8. The molecule has 3 aliphatic heterocycles. The summed E-state index contributed by atoms with van der Waals surface area (Å²) >= 11 is 0. The van der Waals surface area contributed by atoms with Crippen LogP contribution in [0.25, 0.3) is 6.08 Å². The van der Waals surface area contributed by atoms with Gasteiger partial charge in [0, 0.05) is 29.2 Å². The van der Waals surface area contributed by atoms with E-state index in [0.29, 0.717) is 28.0 Å². The Kier molecular flexibility index (Phi) is 10.5. The number of carboxylic acids is 1. The molecule has 3 heterocycles. The molecule has 4 aliphatic rings. The van der Waals surface area contributed by atoms with E-state index in [9.17, 15) is 50.4 Å². The van der Waals surface area contributed by atoms with E-state index in [1.165, 1.54) is 31.4 Å². The molecule has 6 rings (SSSR count). The number of hydrogen-bond acceptors (Lipinski definition) is 15. The number of rotatable bonds is 11. The van der Waals surface area contributed by atoms with E-state index in [1.807, 2.05) is 0 Å². The average molecular weight is 715 g/mol. The lowest BCUT2D eigenvalue weighted by Gasteiger charge is -2.42. The number of allylic oxidation sites excluding steroid dienone is 1. The van der Waals surface area contributed by atoms with Gasteiger partial charge in [0.25, 0.3) is 0 Å². The maximum absolute atomic E-state index is 12.9. The first kappa shape index (κ1) is 36.1. The molecule has 2 aromatic rings. The van der Waals surface area contributed by atoms with Gasteiger partial charge in [0.15, 0.2) is 17.8 Å². The van der Waals surface area contributed by atoms with Crippen LogP contribution in [0.5, 0.6) is 23.0 Å². The maximum atomic E-state index is 12.9. The maximum Gasteiger partial charge on any atom is 0.335 e. The number of methoxy groups -OCH3 is 1. The Morgan fingerprint density at radius 2 is 1.76 bits per heavy atom. The zero-order valence-electron chi connectivity index (χ0n) is 27.1. The van der Waals surface area contributed by atoms with E-state index in [-0.39, 0.29) is 42.5 Å². The van der Waals surface area contributed by atoms with Crippen molar-refractivity contribution in [3.63, 3.8) is 0 Å². The summed E-state index contributed by atoms with van der Waals surface area (Å²) in [5.41, 5.74) is 1.78. The fourth-order valence-corrected chi connectivity index (χ4v) is 6.89. The highest BCUT2D eigenvalue weighted by molar-refractivity contribution is 5.88. The number of hydrogen-bond donors (Lipinski definition) is 8. The van der Waals surface area contributed by atoms with Crippen LogP contribution in [0.2, 0.25) is 0 Å². The van der Waals surface area contributed by atoms with Crippen LogP contribution in [0.15, 0.2) is 59.9 Å². The summed E-state index contributed by atoms with van der Waals surface area (Å²) in [6, 6.07) is 7.55. The number of carbonyl (C=O) groups is 2. The largest absolute Gasteiger partial charge is 0.508 e. The van der Waals surface area contributed by atoms with Crippen molar-refractivity contribution in [1.29, 1.82) is 0 Å². The van der Waals surface area contributed by atoms with E-state index < -0.39 is 79.4 Å². The minimum atomic E-state index is -1.73. The number of ether oxygens (including phenoxy) is 6. The van der Waals surface area contributed by atoms with Crippen molar-refractivity contribution in [3.8, 4) is 23.0 Å². The number of aliphatic hydroxyl groups is 5. The molecule has 0 amide bonds. The molecule has 1 saturated heterocycles. The molecule has 2 unspecified atom stereocenters. The summed E-state index contributed by atoms with van der Waals surface area (Å²) in [7, 11) is 1.44. The van der Waals surface area contributed by atoms with E-state index in [0.717, 1.165) is 12.3 Å². The molecule has 0 bridgehead atoms. The van der Waals surface area contributed by atoms with Crippen molar-refractivity contribution in [2.45, 2.75) is 55.4 Å². The van der Waals surface area contributed by atoms with Crippen molar-refractivity contribution in [2.75, 3.05) is 26.9 Å². The third-order valence-electron chi connectivity index (χ3n) is 9.48. The molecule has 0 saturated carbocycles. The molecule has 1 aliphatic carbocycles. The average Bonchev–Trinajstić information content (AvgIpc) is 3.72. The predicted molar refractivity (Wildman–Crippen MR) is 171 cm³/mol. The number of phenols is 2. The molecular formula is C35H38O16. The van der Waals surface area contributed by atoms with E-state index in [1.54, 1.807) is 18.2 Å². The Morgan fingerprint density at radius 3 is 2.47 bits per heavy atom. The van der Waals surface area contributed by atoms with E-state index in [4.69, 9.17) is 28.4 Å². The van der Waals surface area contributed by atoms with Gasteiger partial charge in [-0.2, -0.15) is 0 Å². The summed E-state index contributed by atoms with van der Waals surface area (Å²) in [5, 5.41) is 81.2. The van der Waals surface area contributed by atoms with Crippen molar-refractivity contribution in [2.24, 2.45) is 11.8 Å². The number of carbonyl (C=O) groups excluding carboxylic acids is 1. The number of benzene rings is 2. The fraction of sp³-hybridized carbons (Fsp3) is 0.429. The molecule has 2 aromatic carbocycles. The summed E-state index contributed by atoms with van der Waals surface area (Å²) in [6.45, 7) is -1.33. The van der Waals surface area contributed by atoms with Crippen LogP contribution in [0.4, 0.5) is 0 Å². The van der Waals surface area contributed by atoms with Crippen molar-refractivity contribution >= 4 is 18.0 Å². The van der Waals surface area contributed by atoms with Crippen LogP contribution < -0.4 is 9.47 Å². The van der Waals surface area contributed by atoms with Crippen molar-refractivity contribution in [3.05, 3.63) is 76.6 Å². The standard InChI is InChI=1S/C35H38O16/c1-46-19-9-17(8-18(38)10-19)31-22(11-36)21-6-15(7-24(39)32(21)50-31)2-5-26(40)47-13-16-3-4-20-23(33(44)45)14-48-34(27(16)20)51-35-30(43)29(42)28(41)25(12-37)49-35/h2-3,5-10,14,20,22,25,27-31,34-39,41-43H,4,11-13H2,1H3,(H,44,45)/b5-2+/t20-,22?,25-,27-,28-,29+,30-,31?,34+,35+/m1/s1. The van der Waals surface area contributed by atoms with Crippen LogP contribution in [-0.4, -0.2) is 117 Å². The van der Waals surface area contributed by atoms with Crippen LogP contribution in [0, 0.1) is 11.8 Å². The third kappa shape index (κ3) is 7.12. The Balaban J connectivity index is 1.14. The lowest BCUT2D eigenvalue weighted by atomic mass is 9.83. The number of aliphatic carboxylic acids is 1. The summed E-state index contributed by atoms with van der Waals surface area (Å²) in [4.78, 5) is 24.8. The minimum Gasteiger partial charge on any atom is -0.508 e. The molecule has 274 valence electrons. The van der Waals surface area contributed by atoms with Crippen LogP contribution in [-0.2, 0) is 28.5 Å². The highest BCUT2D eigenvalue weighted by Crippen LogP contribution is 2.51. The normalized spacial score (nSPS) is 31.2. The predicted octanol–water partition coefficient (Wildman–Crippen LogP) is 0.576. The zero-order valence-corrected chi connectivity index (χ0v) is 27.1. The Hall–Kier alpha value is -4.68. The first-order valence-corrected chi connectivity index (χ1v) is 16.0. The Labute approximate surface area is 290 Å². The first-order valence-electron chi connectivity index (χ1n) is 16.0. The topological polar surface area (TPSA) is 251 Å². The van der Waals surface area contributed by atoms with E-state index >= 15 is 0 Å². The SMILES string of the molecule is COc1cc(O)cc(C2Oc3c(O)cc(/C=C/C(=O)OCC4=CC[C@@H]5C(C(=O)O)=CO[C@@H](O[C@@H]6O[C@H](CO)[C@@H](O)[C@H](O)[C@H]6O)[C@H]45)cc3C2CO)c1. The summed E-state index contributed by atoms with van der Waals surface area (Å²) in [6.07, 6.45) is -4.42. The molecule has 0 radical (unpaired) electrons. The number of phenolic OH excluding ortho intramolecular Hbond substituents is 2. The quantitative estimate of drug-likeness (QED) is 0.0900. The smallest absolute Gasteiger partial charge is 0.335 e. The monoisotopic (exact) mass is 714 g/mol. The number of aromatic hydroxyl groups is 2. The number of fused-ring (bicyclic) bond motifs is 2. The van der Waals surface area contributed by atoms with Crippen LogP contribution >= 0.6 is 0 Å². The van der Waals surface area contributed by atoms with Gasteiger partial charge in [0.2, 0.25) is 6.29 Å². The van der Waals surface area contributed by atoms with Gasteiger partial charge in [-0.05, 0) is 47.9 Å². The van der Waals surface area contributed by atoms with Gasteiger partial charge >= 0.3 is 11.9 Å². The minimum absolute atomic E-state index is 0.0573. The first-order chi connectivity index (χ1) is 24.4.